The van der Waals surface area contributed by atoms with E-state index in [1.54, 1.807) is 0 Å². The second kappa shape index (κ2) is 9.38. The molecule has 2 unspecified atom stereocenters. The maximum absolute atomic E-state index is 14.6. The number of hydrogen-bond acceptors (Lipinski definition) is 1. The molecule has 1 saturated heterocycles. The van der Waals surface area contributed by atoms with Crippen LogP contribution in [-0.2, 0) is 4.79 Å². The molecule has 0 aliphatic carbocycles. The van der Waals surface area contributed by atoms with Crippen LogP contribution in [0.3, 0.4) is 0 Å². The van der Waals surface area contributed by atoms with E-state index < -0.39 is 82.7 Å². The van der Waals surface area contributed by atoms with Crippen molar-refractivity contribution in [2.75, 3.05) is 13.1 Å². The highest BCUT2D eigenvalue weighted by Crippen LogP contribution is 2.65. The normalized spacial score (nSPS) is 22.4. The largest absolute Gasteiger partial charge is 0.460 e. The fourth-order valence-corrected chi connectivity index (χ4v) is 3.55. The number of hydrogen-bond donors (Lipinski definition) is 0. The minimum absolute atomic E-state index is 0.0729. The van der Waals surface area contributed by atoms with Crippen LogP contribution in [0.25, 0.3) is 0 Å². The maximum Gasteiger partial charge on any atom is 0.460 e. The number of halogens is 17. The summed E-state index contributed by atoms with van der Waals surface area (Å²) in [4.78, 5) is 12.4. The number of unbranched alkanes of at least 4 members (excludes halogenated alkanes) is 1. The van der Waals surface area contributed by atoms with Gasteiger partial charge >= 0.3 is 53.5 Å². The van der Waals surface area contributed by atoms with Crippen LogP contribution in [0, 0.1) is 0 Å². The Labute approximate surface area is 203 Å². The lowest BCUT2D eigenvalue weighted by molar-refractivity contribution is -0.742. The summed E-state index contributed by atoms with van der Waals surface area (Å²) in [6.07, 6.45) is -8.26. The van der Waals surface area contributed by atoms with Crippen LogP contribution in [-0.4, -0.2) is 77.2 Å². The minimum Gasteiger partial charge on any atom is -0.239 e. The molecule has 0 bridgehead atoms. The Kier molecular flexibility index (Phi) is 8.45. The van der Waals surface area contributed by atoms with Gasteiger partial charge in [0, 0.05) is 5.57 Å². The minimum atomic E-state index is -8.67. The molecule has 0 aromatic rings. The molecule has 224 valence electrons. The lowest BCUT2D eigenvalue weighted by Gasteiger charge is -2.42. The standard InChI is InChI=1S/C19H19F17NO/c1-4-6-7-37(11(38)9(3)5-2)8-10(37)12(20,21)13(22,23)14(24,25)15(26,27)16(28,29)17(30,31)18(32,33)19(34,35)36/h10H,3-8H2,1-2H3/q+1. The smallest absolute Gasteiger partial charge is 0.239 e. The van der Waals surface area contributed by atoms with Crippen LogP contribution < -0.4 is 0 Å². The van der Waals surface area contributed by atoms with E-state index in [9.17, 15) is 79.4 Å². The Bertz CT molecular complexity index is 923. The van der Waals surface area contributed by atoms with Gasteiger partial charge in [-0.15, -0.1) is 0 Å². The second-order valence-electron chi connectivity index (χ2n) is 8.64. The summed E-state index contributed by atoms with van der Waals surface area (Å²) in [5, 5.41) is 0. The van der Waals surface area contributed by atoms with Gasteiger partial charge in [-0.25, -0.2) is 9.28 Å². The summed E-state index contributed by atoms with van der Waals surface area (Å²) >= 11 is 0. The molecule has 0 spiro atoms. The van der Waals surface area contributed by atoms with Crippen molar-refractivity contribution in [3.63, 3.8) is 0 Å². The van der Waals surface area contributed by atoms with Crippen molar-refractivity contribution in [2.24, 2.45) is 0 Å². The highest BCUT2D eigenvalue weighted by Gasteiger charge is 2.97. The molecule has 0 radical (unpaired) electrons. The van der Waals surface area contributed by atoms with Crippen molar-refractivity contribution in [1.29, 1.82) is 0 Å². The van der Waals surface area contributed by atoms with Gasteiger partial charge in [0.25, 0.3) is 0 Å². The number of quaternary nitrogens is 1. The van der Waals surface area contributed by atoms with Crippen molar-refractivity contribution in [2.45, 2.75) is 86.8 Å². The molecule has 0 aromatic heterocycles. The zero-order chi connectivity index (χ0) is 30.8. The van der Waals surface area contributed by atoms with E-state index >= 15 is 0 Å². The topological polar surface area (TPSA) is 17.1 Å². The van der Waals surface area contributed by atoms with Gasteiger partial charge in [0.2, 0.25) is 6.04 Å². The second-order valence-corrected chi connectivity index (χ2v) is 8.64. The predicted molar refractivity (Wildman–Crippen MR) is 93.8 cm³/mol. The molecule has 1 heterocycles. The predicted octanol–water partition coefficient (Wildman–Crippen LogP) is 7.49. The molecule has 2 atom stereocenters. The lowest BCUT2D eigenvalue weighted by atomic mass is 9.88. The molecule has 0 N–H and O–H groups in total. The van der Waals surface area contributed by atoms with E-state index in [1.165, 1.54) is 13.8 Å². The fourth-order valence-electron chi connectivity index (χ4n) is 3.55. The van der Waals surface area contributed by atoms with Crippen molar-refractivity contribution in [1.82, 2.24) is 0 Å². The Hall–Kier alpha value is -1.82. The van der Waals surface area contributed by atoms with Crippen molar-refractivity contribution in [3.8, 4) is 0 Å². The molecule has 1 rings (SSSR count). The van der Waals surface area contributed by atoms with Crippen LogP contribution in [0.5, 0.6) is 0 Å². The molecule has 0 saturated carbocycles. The highest BCUT2D eigenvalue weighted by atomic mass is 19.4. The van der Waals surface area contributed by atoms with E-state index in [-0.39, 0.29) is 19.3 Å². The Balaban J connectivity index is 3.67. The van der Waals surface area contributed by atoms with Gasteiger partial charge < -0.3 is 0 Å². The lowest BCUT2D eigenvalue weighted by Crippen LogP contribution is -2.75. The number of carbonyl (C=O) groups is 1. The van der Waals surface area contributed by atoms with Crippen LogP contribution >= 0.6 is 0 Å². The van der Waals surface area contributed by atoms with Gasteiger partial charge in [-0.1, -0.05) is 26.8 Å². The molecule has 1 fully saturated rings. The molecular formula is C19H19F17NO+. The molecule has 2 nitrogen and oxygen atoms in total. The van der Waals surface area contributed by atoms with Crippen molar-refractivity contribution < 1.29 is 83.9 Å². The third-order valence-electron chi connectivity index (χ3n) is 6.17. The number of alkyl halides is 17. The molecule has 1 aliphatic heterocycles. The summed E-state index contributed by atoms with van der Waals surface area (Å²) in [5.74, 6) is -58.2. The number of carbonyl (C=O) groups excluding carboxylic acids is 1. The van der Waals surface area contributed by atoms with Crippen LogP contribution in [0.15, 0.2) is 12.2 Å². The average molecular weight is 600 g/mol. The highest BCUT2D eigenvalue weighted by molar-refractivity contribution is 5.88. The van der Waals surface area contributed by atoms with Gasteiger partial charge in [-0.05, 0) is 12.8 Å². The summed E-state index contributed by atoms with van der Waals surface area (Å²) in [6.45, 7) is 3.50. The van der Waals surface area contributed by atoms with Gasteiger partial charge in [0.15, 0.2) is 0 Å². The summed E-state index contributed by atoms with van der Waals surface area (Å²) < 4.78 is 228. The van der Waals surface area contributed by atoms with E-state index in [1.807, 2.05) is 0 Å². The van der Waals surface area contributed by atoms with E-state index in [2.05, 4.69) is 6.58 Å². The summed E-state index contributed by atoms with van der Waals surface area (Å²) in [6, 6.07) is -3.33. The van der Waals surface area contributed by atoms with Crippen LogP contribution in [0.2, 0.25) is 0 Å². The third kappa shape index (κ3) is 4.33. The number of rotatable bonds is 12. The van der Waals surface area contributed by atoms with E-state index in [4.69, 9.17) is 0 Å². The fraction of sp³-hybridized carbons (Fsp3) is 0.842. The summed E-state index contributed by atoms with van der Waals surface area (Å²) in [5.41, 5.74) is -0.527. The molecular weight excluding hydrogens is 581 g/mol. The Morgan fingerprint density at radius 3 is 1.39 bits per heavy atom. The first-order valence-corrected chi connectivity index (χ1v) is 10.3. The van der Waals surface area contributed by atoms with E-state index in [0.29, 0.717) is 0 Å². The van der Waals surface area contributed by atoms with Crippen LogP contribution in [0.1, 0.15) is 33.1 Å². The Morgan fingerprint density at radius 2 is 1.05 bits per heavy atom. The van der Waals surface area contributed by atoms with Gasteiger partial charge in [0.1, 0.15) is 6.54 Å². The third-order valence-corrected chi connectivity index (χ3v) is 6.17. The zero-order valence-electron chi connectivity index (χ0n) is 19.1. The monoisotopic (exact) mass is 600 g/mol. The van der Waals surface area contributed by atoms with Crippen molar-refractivity contribution >= 4 is 5.91 Å². The van der Waals surface area contributed by atoms with Gasteiger partial charge in [-0.2, -0.15) is 74.6 Å². The summed E-state index contributed by atoms with van der Waals surface area (Å²) in [7, 11) is 0. The zero-order valence-corrected chi connectivity index (χ0v) is 19.1. The number of nitrogens with zero attached hydrogens (tertiary/aromatic N) is 1. The van der Waals surface area contributed by atoms with Crippen LogP contribution in [0.4, 0.5) is 74.6 Å². The van der Waals surface area contributed by atoms with E-state index in [0.717, 1.165) is 0 Å². The molecule has 19 heteroatoms. The first-order valence-electron chi connectivity index (χ1n) is 10.3. The first-order chi connectivity index (χ1) is 16.5. The van der Waals surface area contributed by atoms with Crippen molar-refractivity contribution in [3.05, 3.63) is 12.2 Å². The molecule has 38 heavy (non-hydrogen) atoms. The molecule has 0 aromatic carbocycles. The Morgan fingerprint density at radius 1 is 0.684 bits per heavy atom. The first kappa shape index (κ1) is 34.2. The van der Waals surface area contributed by atoms with Gasteiger partial charge in [-0.3, -0.25) is 0 Å². The number of amides is 1. The molecule has 1 amide bonds. The molecule has 1 aliphatic rings. The maximum atomic E-state index is 14.6. The quantitative estimate of drug-likeness (QED) is 0.0983. The van der Waals surface area contributed by atoms with Gasteiger partial charge in [0.05, 0.1) is 6.54 Å². The average Bonchev–Trinajstić information content (AvgIpc) is 3.51. The SMILES string of the molecule is C=C(CC)C(=O)[N+]1(CCCC)CC1C(F)(F)C(F)(F)C(F)(F)C(F)(F)C(F)(F)C(F)(F)C(F)(F)C(F)(F)F.